The molecule has 1 aromatic heterocycles. The van der Waals surface area contributed by atoms with E-state index < -0.39 is 48.4 Å². The van der Waals surface area contributed by atoms with Crippen molar-refractivity contribution >= 4 is 59.9 Å². The van der Waals surface area contributed by atoms with Crippen molar-refractivity contribution in [1.29, 1.82) is 0 Å². The van der Waals surface area contributed by atoms with Gasteiger partial charge in [0, 0.05) is 35.0 Å². The lowest BCUT2D eigenvalue weighted by Crippen LogP contribution is -2.55. The van der Waals surface area contributed by atoms with Gasteiger partial charge in [0.15, 0.2) is 0 Å². The molecule has 7 N–H and O–H groups in total. The van der Waals surface area contributed by atoms with Crippen molar-refractivity contribution in [3.8, 4) is 0 Å². The lowest BCUT2D eigenvalue weighted by molar-refractivity contribution is -0.141. The van der Waals surface area contributed by atoms with E-state index in [-0.39, 0.29) is 17.9 Å². The van der Waals surface area contributed by atoms with E-state index in [1.165, 1.54) is 0 Å². The Hall–Kier alpha value is -2.70. The van der Waals surface area contributed by atoms with Crippen LogP contribution in [0.15, 0.2) is 30.5 Å². The number of fused-ring (bicyclic) bond motifs is 1. The Morgan fingerprint density at radius 2 is 1.74 bits per heavy atom. The van der Waals surface area contributed by atoms with Gasteiger partial charge in [-0.1, -0.05) is 18.2 Å². The fraction of sp³-hybridized carbons (Fsp3) is 0.368. The zero-order chi connectivity index (χ0) is 23.0. The molecule has 0 saturated heterocycles. The number of aromatic nitrogens is 1. The quantitative estimate of drug-likeness (QED) is 0.199. The van der Waals surface area contributed by atoms with E-state index in [4.69, 9.17) is 5.73 Å². The van der Waals surface area contributed by atoms with E-state index in [0.29, 0.717) is 0 Å². The van der Waals surface area contributed by atoms with Gasteiger partial charge in [-0.15, -0.1) is 0 Å². The van der Waals surface area contributed by atoms with Gasteiger partial charge in [-0.2, -0.15) is 25.3 Å². The third-order valence-electron chi connectivity index (χ3n) is 4.50. The molecule has 0 fully saturated rings. The maximum Gasteiger partial charge on any atom is 0.327 e. The summed E-state index contributed by atoms with van der Waals surface area (Å²) in [4.78, 5) is 51.2. The Labute approximate surface area is 189 Å². The molecule has 3 amide bonds. The maximum absolute atomic E-state index is 12.8. The van der Waals surface area contributed by atoms with Crippen molar-refractivity contribution in [2.75, 3.05) is 18.1 Å². The fourth-order valence-electron chi connectivity index (χ4n) is 2.81. The van der Waals surface area contributed by atoms with Gasteiger partial charge in [-0.25, -0.2) is 4.79 Å². The van der Waals surface area contributed by atoms with Gasteiger partial charge in [0.1, 0.15) is 12.1 Å². The fourth-order valence-corrected chi connectivity index (χ4v) is 3.23. The highest BCUT2D eigenvalue weighted by molar-refractivity contribution is 7.80. The Morgan fingerprint density at radius 3 is 2.39 bits per heavy atom. The van der Waals surface area contributed by atoms with E-state index in [0.717, 1.165) is 16.5 Å². The molecule has 12 heteroatoms. The second-order valence-electron chi connectivity index (χ2n) is 6.77. The average molecular weight is 468 g/mol. The van der Waals surface area contributed by atoms with Crippen LogP contribution in [-0.4, -0.2) is 70.0 Å². The van der Waals surface area contributed by atoms with Crippen molar-refractivity contribution in [3.05, 3.63) is 36.0 Å². The number of carboxylic acid groups (broad SMARTS) is 1. The third-order valence-corrected chi connectivity index (χ3v) is 5.26. The number of amides is 3. The summed E-state index contributed by atoms with van der Waals surface area (Å²) in [5, 5.41) is 17.3. The van der Waals surface area contributed by atoms with Crippen LogP contribution in [0.4, 0.5) is 0 Å². The summed E-state index contributed by atoms with van der Waals surface area (Å²) in [7, 11) is 0. The first-order valence-corrected chi connectivity index (χ1v) is 10.7. The van der Waals surface area contributed by atoms with Gasteiger partial charge in [-0.05, 0) is 11.6 Å². The van der Waals surface area contributed by atoms with Crippen molar-refractivity contribution < 1.29 is 24.3 Å². The molecule has 0 aliphatic carbocycles. The van der Waals surface area contributed by atoms with Crippen molar-refractivity contribution in [2.24, 2.45) is 5.73 Å². The highest BCUT2D eigenvalue weighted by atomic mass is 32.1. The summed E-state index contributed by atoms with van der Waals surface area (Å²) in [6.45, 7) is -0.396. The summed E-state index contributed by atoms with van der Waals surface area (Å²) in [6, 6.07) is 4.27. The van der Waals surface area contributed by atoms with Crippen LogP contribution in [0.25, 0.3) is 10.9 Å². The zero-order valence-electron chi connectivity index (χ0n) is 16.5. The number of thiol groups is 2. The van der Waals surface area contributed by atoms with E-state index >= 15 is 0 Å². The molecule has 168 valence electrons. The number of hydrogen-bond acceptors (Lipinski definition) is 7. The van der Waals surface area contributed by atoms with Crippen LogP contribution in [0.3, 0.4) is 0 Å². The molecule has 31 heavy (non-hydrogen) atoms. The number of benzene rings is 1. The molecule has 1 heterocycles. The van der Waals surface area contributed by atoms with Gasteiger partial charge in [0.05, 0.1) is 12.6 Å². The molecular formula is C19H25N5O5S2. The Bertz CT molecular complexity index is 951. The Kier molecular flexibility index (Phi) is 9.21. The lowest BCUT2D eigenvalue weighted by atomic mass is 10.0. The van der Waals surface area contributed by atoms with Gasteiger partial charge < -0.3 is 31.8 Å². The van der Waals surface area contributed by atoms with Crippen LogP contribution in [0.1, 0.15) is 5.56 Å². The van der Waals surface area contributed by atoms with Crippen LogP contribution in [0.2, 0.25) is 0 Å². The average Bonchev–Trinajstić information content (AvgIpc) is 3.17. The van der Waals surface area contributed by atoms with Gasteiger partial charge in [0.2, 0.25) is 17.7 Å². The van der Waals surface area contributed by atoms with Crippen LogP contribution >= 0.6 is 25.3 Å². The normalized spacial score (nSPS) is 13.8. The van der Waals surface area contributed by atoms with Crippen LogP contribution in [0.5, 0.6) is 0 Å². The molecule has 0 aliphatic heterocycles. The molecule has 0 aliphatic rings. The molecule has 3 atom stereocenters. The maximum atomic E-state index is 12.8. The number of aliphatic carboxylic acids is 1. The summed E-state index contributed by atoms with van der Waals surface area (Å²) in [6.07, 6.45) is 1.82. The highest BCUT2D eigenvalue weighted by Gasteiger charge is 2.27. The third kappa shape index (κ3) is 6.91. The number of hydrogen-bond donors (Lipinski definition) is 8. The number of rotatable bonds is 11. The molecule has 0 saturated carbocycles. The van der Waals surface area contributed by atoms with Crippen LogP contribution < -0.4 is 21.7 Å². The van der Waals surface area contributed by atoms with Crippen LogP contribution in [-0.2, 0) is 25.6 Å². The monoisotopic (exact) mass is 467 g/mol. The molecule has 2 rings (SSSR count). The Morgan fingerprint density at radius 1 is 1.03 bits per heavy atom. The van der Waals surface area contributed by atoms with Gasteiger partial charge in [0.25, 0.3) is 0 Å². The zero-order valence-corrected chi connectivity index (χ0v) is 18.3. The molecule has 0 radical (unpaired) electrons. The topological polar surface area (TPSA) is 166 Å². The number of nitrogens with one attached hydrogen (secondary N) is 4. The van der Waals surface area contributed by atoms with E-state index in [1.807, 2.05) is 24.3 Å². The molecule has 3 unspecified atom stereocenters. The smallest absolute Gasteiger partial charge is 0.327 e. The predicted molar refractivity (Wildman–Crippen MR) is 122 cm³/mol. The number of para-hydroxylation sites is 1. The molecular weight excluding hydrogens is 442 g/mol. The first-order valence-electron chi connectivity index (χ1n) is 9.39. The number of nitrogens with two attached hydrogens (primary N) is 1. The standard InChI is InChI=1S/C19H25N5O5S2/c20-12(8-30)17(26)22-7-16(25)23-14(18(27)24-15(9-31)19(28)29)5-10-6-21-13-4-2-1-3-11(10)13/h1-4,6,12,14-15,21,30-31H,5,7-9,20H2,(H,22,26)(H,23,25)(H,24,27)(H,28,29). The van der Waals surface area contributed by atoms with Gasteiger partial charge in [-0.3, -0.25) is 14.4 Å². The van der Waals surface area contributed by atoms with E-state index in [2.05, 4.69) is 46.2 Å². The second-order valence-corrected chi connectivity index (χ2v) is 7.50. The number of carboxylic acids is 1. The lowest BCUT2D eigenvalue weighted by Gasteiger charge is -2.21. The van der Waals surface area contributed by atoms with E-state index in [1.54, 1.807) is 6.20 Å². The van der Waals surface area contributed by atoms with Crippen molar-refractivity contribution in [2.45, 2.75) is 24.5 Å². The van der Waals surface area contributed by atoms with Gasteiger partial charge >= 0.3 is 5.97 Å². The molecule has 0 bridgehead atoms. The Balaban J connectivity index is 2.15. The summed E-state index contributed by atoms with van der Waals surface area (Å²) >= 11 is 7.86. The molecule has 2 aromatic rings. The number of aromatic amines is 1. The predicted octanol–water partition coefficient (Wildman–Crippen LogP) is -0.932. The van der Waals surface area contributed by atoms with Crippen molar-refractivity contribution in [1.82, 2.24) is 20.9 Å². The molecule has 10 nitrogen and oxygen atoms in total. The minimum absolute atomic E-state index is 0.102. The summed E-state index contributed by atoms with van der Waals surface area (Å²) < 4.78 is 0. The summed E-state index contributed by atoms with van der Waals surface area (Å²) in [5.74, 6) is -3.11. The second kappa shape index (κ2) is 11.6. The minimum Gasteiger partial charge on any atom is -0.480 e. The molecule has 1 aromatic carbocycles. The molecule has 0 spiro atoms. The van der Waals surface area contributed by atoms with Crippen molar-refractivity contribution in [3.63, 3.8) is 0 Å². The number of carbonyl (C=O) groups excluding carboxylic acids is 3. The number of carbonyl (C=O) groups is 4. The summed E-state index contributed by atoms with van der Waals surface area (Å²) in [5.41, 5.74) is 7.16. The first-order chi connectivity index (χ1) is 14.8. The van der Waals surface area contributed by atoms with Crippen LogP contribution in [0, 0.1) is 0 Å². The SMILES string of the molecule is NC(CS)C(=O)NCC(=O)NC(Cc1c[nH]c2ccccc12)C(=O)NC(CS)C(=O)O. The minimum atomic E-state index is -1.24. The largest absolute Gasteiger partial charge is 0.480 e. The highest BCUT2D eigenvalue weighted by Crippen LogP contribution is 2.19. The number of H-pyrrole nitrogens is 1. The first kappa shape index (κ1) is 24.6. The van der Waals surface area contributed by atoms with E-state index in [9.17, 15) is 24.3 Å².